The number of rotatable bonds is 6. The zero-order chi connectivity index (χ0) is 22.0. The average molecular weight is 419 g/mol. The Bertz CT molecular complexity index is 1340. The molecule has 158 valence electrons. The van der Waals surface area contributed by atoms with Gasteiger partial charge in [-0.2, -0.15) is 0 Å². The highest BCUT2D eigenvalue weighted by molar-refractivity contribution is 5.79. The van der Waals surface area contributed by atoms with Gasteiger partial charge in [0.1, 0.15) is 12.3 Å². The van der Waals surface area contributed by atoms with Crippen LogP contribution in [0.3, 0.4) is 0 Å². The molecule has 1 amide bonds. The van der Waals surface area contributed by atoms with Gasteiger partial charge in [-0.25, -0.2) is 9.78 Å². The molecule has 0 aliphatic heterocycles. The molecule has 0 radical (unpaired) electrons. The molecule has 2 heterocycles. The molecule has 0 fully saturated rings. The number of fused-ring (bicyclic) bond motifs is 1. The van der Waals surface area contributed by atoms with Gasteiger partial charge in [-0.3, -0.25) is 19.1 Å². The summed E-state index contributed by atoms with van der Waals surface area (Å²) in [6.07, 6.45) is 1.38. The fourth-order valence-corrected chi connectivity index (χ4v) is 3.47. The maximum Gasteiger partial charge on any atom is 0.329 e. The van der Waals surface area contributed by atoms with Crippen LogP contribution in [0.2, 0.25) is 0 Å². The van der Waals surface area contributed by atoms with Crippen LogP contribution in [0, 0.1) is 0 Å². The van der Waals surface area contributed by atoms with Crippen LogP contribution in [-0.2, 0) is 18.4 Å². The molecule has 0 spiro atoms. The summed E-state index contributed by atoms with van der Waals surface area (Å²) in [5.41, 5.74) is 1.04. The lowest BCUT2D eigenvalue weighted by atomic mass is 9.98. The summed E-state index contributed by atoms with van der Waals surface area (Å²) in [4.78, 5) is 43.3. The number of hydrogen-bond acceptors (Lipinski definition) is 5. The zero-order valence-electron chi connectivity index (χ0n) is 17.0. The van der Waals surface area contributed by atoms with E-state index in [-0.39, 0.29) is 23.6 Å². The van der Waals surface area contributed by atoms with Crippen LogP contribution < -0.4 is 21.3 Å². The van der Waals surface area contributed by atoms with Crippen molar-refractivity contribution < 1.29 is 9.53 Å². The minimum absolute atomic E-state index is 0.128. The van der Waals surface area contributed by atoms with Gasteiger partial charge in [0.2, 0.25) is 5.91 Å². The highest BCUT2D eigenvalue weighted by Crippen LogP contribution is 2.24. The van der Waals surface area contributed by atoms with Gasteiger partial charge in [0, 0.05) is 7.05 Å². The highest BCUT2D eigenvalue weighted by atomic mass is 16.5. The summed E-state index contributed by atoms with van der Waals surface area (Å²) in [6, 6.07) is 16.6. The molecule has 9 nitrogen and oxygen atoms in total. The van der Waals surface area contributed by atoms with Gasteiger partial charge < -0.3 is 14.6 Å². The van der Waals surface area contributed by atoms with E-state index in [4.69, 9.17) is 4.74 Å². The third kappa shape index (κ3) is 3.97. The Labute approximate surface area is 176 Å². The maximum atomic E-state index is 12.9. The van der Waals surface area contributed by atoms with E-state index in [2.05, 4.69) is 15.3 Å². The second kappa shape index (κ2) is 8.31. The standard InChI is InChI=1S/C22H21N5O4/c1-26-20-19(21(29)25-22(26)30)27(13-23-20)12-17(28)24-18(14-6-4-3-5-7-14)15-8-10-16(31-2)11-9-15/h3-11,13,18H,12H2,1-2H3,(H,24,28)(H,25,29,30)/t18-/m1/s1. The molecule has 2 aromatic heterocycles. The molecule has 4 aromatic rings. The van der Waals surface area contributed by atoms with Gasteiger partial charge in [-0.15, -0.1) is 0 Å². The number of methoxy groups -OCH3 is 1. The molecular formula is C22H21N5O4. The SMILES string of the molecule is COc1ccc([C@H](NC(=O)Cn2cnc3c2c(=O)[nH]c(=O)n3C)c2ccccc2)cc1. The highest BCUT2D eigenvalue weighted by Gasteiger charge is 2.19. The fourth-order valence-electron chi connectivity index (χ4n) is 3.47. The van der Waals surface area contributed by atoms with Crippen LogP contribution in [0.1, 0.15) is 17.2 Å². The summed E-state index contributed by atoms with van der Waals surface area (Å²) in [5, 5.41) is 3.03. The predicted octanol–water partition coefficient (Wildman–Crippen LogP) is 1.34. The number of aryl methyl sites for hydroxylation is 1. The number of aromatic amines is 1. The van der Waals surface area contributed by atoms with Gasteiger partial charge in [0.25, 0.3) is 5.56 Å². The molecule has 1 atom stereocenters. The number of nitrogens with zero attached hydrogens (tertiary/aromatic N) is 3. The van der Waals surface area contributed by atoms with Gasteiger partial charge in [-0.1, -0.05) is 42.5 Å². The summed E-state index contributed by atoms with van der Waals surface area (Å²) in [5.74, 6) is 0.411. The van der Waals surface area contributed by atoms with Crippen molar-refractivity contribution in [3.05, 3.63) is 92.9 Å². The van der Waals surface area contributed by atoms with Crippen LogP contribution in [0.4, 0.5) is 0 Å². The Kier molecular flexibility index (Phi) is 5.40. The Morgan fingerprint density at radius 1 is 1.10 bits per heavy atom. The number of ether oxygens (including phenoxy) is 1. The molecule has 9 heteroatoms. The van der Waals surface area contributed by atoms with Crippen LogP contribution in [-0.4, -0.2) is 32.1 Å². The minimum Gasteiger partial charge on any atom is -0.497 e. The van der Waals surface area contributed by atoms with E-state index < -0.39 is 17.3 Å². The first-order valence-corrected chi connectivity index (χ1v) is 9.60. The number of H-pyrrole nitrogens is 1. The second-order valence-electron chi connectivity index (χ2n) is 7.05. The second-order valence-corrected chi connectivity index (χ2v) is 7.05. The van der Waals surface area contributed by atoms with E-state index in [1.165, 1.54) is 22.5 Å². The number of carbonyl (C=O) groups is 1. The molecule has 0 bridgehead atoms. The molecule has 0 aliphatic carbocycles. The van der Waals surface area contributed by atoms with E-state index in [0.29, 0.717) is 0 Å². The molecule has 4 rings (SSSR count). The average Bonchev–Trinajstić information content (AvgIpc) is 3.21. The number of hydrogen-bond donors (Lipinski definition) is 2. The monoisotopic (exact) mass is 419 g/mol. The Hall–Kier alpha value is -4.14. The molecular weight excluding hydrogens is 398 g/mol. The van der Waals surface area contributed by atoms with Crippen molar-refractivity contribution in [2.45, 2.75) is 12.6 Å². The summed E-state index contributed by atoms with van der Waals surface area (Å²) < 4.78 is 7.88. The number of aromatic nitrogens is 4. The van der Waals surface area contributed by atoms with Crippen molar-refractivity contribution in [2.24, 2.45) is 7.05 Å². The first kappa shape index (κ1) is 20.1. The number of carbonyl (C=O) groups excluding carboxylic acids is 1. The summed E-state index contributed by atoms with van der Waals surface area (Å²) in [7, 11) is 3.10. The van der Waals surface area contributed by atoms with Crippen LogP contribution in [0.25, 0.3) is 11.2 Å². The maximum absolute atomic E-state index is 12.9. The summed E-state index contributed by atoms with van der Waals surface area (Å²) in [6.45, 7) is -0.128. The van der Waals surface area contributed by atoms with Gasteiger partial charge in [0.05, 0.1) is 19.5 Å². The topological polar surface area (TPSA) is 111 Å². The van der Waals surface area contributed by atoms with E-state index >= 15 is 0 Å². The number of benzene rings is 2. The van der Waals surface area contributed by atoms with Crippen LogP contribution >= 0.6 is 0 Å². The minimum atomic E-state index is -0.585. The van der Waals surface area contributed by atoms with Crippen molar-refractivity contribution in [3.8, 4) is 5.75 Å². The normalized spacial score (nSPS) is 11.9. The van der Waals surface area contributed by atoms with E-state index in [9.17, 15) is 14.4 Å². The van der Waals surface area contributed by atoms with E-state index in [1.54, 1.807) is 7.11 Å². The smallest absolute Gasteiger partial charge is 0.329 e. The first-order valence-electron chi connectivity index (χ1n) is 9.60. The van der Waals surface area contributed by atoms with Gasteiger partial charge in [-0.05, 0) is 23.3 Å². The van der Waals surface area contributed by atoms with E-state index in [1.807, 2.05) is 54.6 Å². The third-order valence-corrected chi connectivity index (χ3v) is 5.08. The molecule has 0 saturated heterocycles. The van der Waals surface area contributed by atoms with Crippen molar-refractivity contribution in [1.82, 2.24) is 24.4 Å². The lowest BCUT2D eigenvalue weighted by Gasteiger charge is -2.20. The molecule has 2 N–H and O–H groups in total. The lowest BCUT2D eigenvalue weighted by Crippen LogP contribution is -2.33. The number of imidazole rings is 1. The number of amides is 1. The number of nitrogens with one attached hydrogen (secondary N) is 2. The Morgan fingerprint density at radius 2 is 1.77 bits per heavy atom. The summed E-state index contributed by atoms with van der Waals surface area (Å²) >= 11 is 0. The predicted molar refractivity (Wildman–Crippen MR) is 115 cm³/mol. The molecule has 31 heavy (non-hydrogen) atoms. The Balaban J connectivity index is 1.64. The zero-order valence-corrected chi connectivity index (χ0v) is 17.0. The fraction of sp³-hybridized carbons (Fsp3) is 0.182. The molecule has 0 saturated carbocycles. The largest absolute Gasteiger partial charge is 0.497 e. The van der Waals surface area contributed by atoms with Crippen LogP contribution in [0.15, 0.2) is 70.5 Å². The van der Waals surface area contributed by atoms with Crippen LogP contribution in [0.5, 0.6) is 5.75 Å². The molecule has 0 unspecified atom stereocenters. The van der Waals surface area contributed by atoms with Crippen molar-refractivity contribution >= 4 is 17.1 Å². The van der Waals surface area contributed by atoms with Gasteiger partial charge in [0.15, 0.2) is 11.2 Å². The molecule has 2 aromatic carbocycles. The molecule has 0 aliphatic rings. The van der Waals surface area contributed by atoms with Gasteiger partial charge >= 0.3 is 5.69 Å². The van der Waals surface area contributed by atoms with Crippen molar-refractivity contribution in [1.29, 1.82) is 0 Å². The third-order valence-electron chi connectivity index (χ3n) is 5.08. The Morgan fingerprint density at radius 3 is 2.45 bits per heavy atom. The van der Waals surface area contributed by atoms with Crippen molar-refractivity contribution in [3.63, 3.8) is 0 Å². The quantitative estimate of drug-likeness (QED) is 0.490. The van der Waals surface area contributed by atoms with E-state index in [0.717, 1.165) is 16.9 Å². The van der Waals surface area contributed by atoms with Crippen molar-refractivity contribution in [2.75, 3.05) is 7.11 Å². The lowest BCUT2D eigenvalue weighted by molar-refractivity contribution is -0.122. The first-order chi connectivity index (χ1) is 15.0.